The summed E-state index contributed by atoms with van der Waals surface area (Å²) in [6, 6.07) is 18.8. The topological polar surface area (TPSA) is 131 Å². The Labute approximate surface area is 281 Å². The van der Waals surface area contributed by atoms with Crippen LogP contribution in [0.15, 0.2) is 85.2 Å². The molecule has 0 aliphatic carbocycles. The monoisotopic (exact) mass is 678 g/mol. The highest BCUT2D eigenvalue weighted by atomic mass is 35.5. The molecule has 0 saturated carbocycles. The van der Waals surface area contributed by atoms with Gasteiger partial charge in [-0.1, -0.05) is 35.3 Å². The van der Waals surface area contributed by atoms with Crippen LogP contribution in [0.2, 0.25) is 10.0 Å². The van der Waals surface area contributed by atoms with Gasteiger partial charge in [-0.15, -0.1) is 0 Å². The van der Waals surface area contributed by atoms with Gasteiger partial charge in [-0.2, -0.15) is 0 Å². The molecule has 0 aliphatic rings. The van der Waals surface area contributed by atoms with Gasteiger partial charge in [-0.25, -0.2) is 19.2 Å². The molecule has 0 amide bonds. The molecule has 48 heavy (non-hydrogen) atoms. The molecule has 0 aliphatic heterocycles. The molecule has 0 atom stereocenters. The number of carbonyl (C=O) groups excluding carboxylic acids is 4. The van der Waals surface area contributed by atoms with E-state index in [1.54, 1.807) is 60.7 Å². The summed E-state index contributed by atoms with van der Waals surface area (Å²) in [7, 11) is 2.44. The second-order valence-corrected chi connectivity index (χ2v) is 11.4. The number of aromatic nitrogens is 2. The Bertz CT molecular complexity index is 2270. The zero-order valence-electron chi connectivity index (χ0n) is 25.0. The predicted molar refractivity (Wildman–Crippen MR) is 179 cm³/mol. The van der Waals surface area contributed by atoms with Crippen molar-refractivity contribution < 1.29 is 38.1 Å². The highest BCUT2D eigenvalue weighted by Gasteiger charge is 2.28. The van der Waals surface area contributed by atoms with Gasteiger partial charge in [-0.05, 0) is 60.7 Å². The van der Waals surface area contributed by atoms with Gasteiger partial charge in [0.05, 0.1) is 47.5 Å². The molecule has 2 heterocycles. The Balaban J connectivity index is 1.52. The van der Waals surface area contributed by atoms with E-state index in [1.165, 1.54) is 38.7 Å². The van der Waals surface area contributed by atoms with Crippen molar-refractivity contribution >= 4 is 90.4 Å². The summed E-state index contributed by atoms with van der Waals surface area (Å²) in [5.74, 6) is -2.44. The van der Waals surface area contributed by atoms with Crippen LogP contribution in [0.4, 0.5) is 0 Å². The molecule has 0 unspecified atom stereocenters. The maximum absolute atomic E-state index is 13.6. The van der Waals surface area contributed by atoms with Crippen LogP contribution < -0.4 is 9.47 Å². The van der Waals surface area contributed by atoms with Crippen LogP contribution in [0.25, 0.3) is 43.4 Å². The van der Waals surface area contributed by atoms with Gasteiger partial charge in [0.25, 0.3) is 0 Å². The van der Waals surface area contributed by atoms with E-state index in [1.807, 2.05) is 0 Å². The van der Waals surface area contributed by atoms with Crippen LogP contribution in [-0.4, -0.2) is 48.1 Å². The van der Waals surface area contributed by atoms with E-state index in [9.17, 15) is 19.2 Å². The average Bonchev–Trinajstić information content (AvgIpc) is 3.11. The van der Waals surface area contributed by atoms with Crippen molar-refractivity contribution in [3.63, 3.8) is 0 Å². The number of nitrogens with zero attached hydrogens (tertiary/aromatic N) is 2. The summed E-state index contributed by atoms with van der Waals surface area (Å²) < 4.78 is 21.4. The Morgan fingerprint density at radius 3 is 1.21 bits per heavy atom. The van der Waals surface area contributed by atoms with Gasteiger partial charge in [0.1, 0.15) is 11.5 Å². The Morgan fingerprint density at radius 1 is 0.479 bits per heavy atom. The first kappa shape index (κ1) is 30.8. The van der Waals surface area contributed by atoms with Crippen LogP contribution in [0.1, 0.15) is 41.4 Å². The molecule has 10 nitrogen and oxygen atoms in total. The van der Waals surface area contributed by atoms with E-state index in [-0.39, 0.29) is 44.5 Å². The molecule has 5 aromatic carbocycles. The normalized spacial score (nSPS) is 11.2. The molecule has 7 aromatic rings. The van der Waals surface area contributed by atoms with E-state index in [4.69, 9.17) is 42.1 Å². The Hall–Kier alpha value is -5.84. The van der Waals surface area contributed by atoms with Crippen molar-refractivity contribution in [2.75, 3.05) is 14.2 Å². The minimum Gasteiger partial charge on any atom is -0.465 e. The lowest BCUT2D eigenvalue weighted by Crippen LogP contribution is -2.14. The molecule has 0 saturated heterocycles. The molecule has 2 aromatic heterocycles. The summed E-state index contributed by atoms with van der Waals surface area (Å²) in [4.78, 5) is 62.6. The number of hydrogen-bond donors (Lipinski definition) is 0. The predicted octanol–water partition coefficient (Wildman–Crippen LogP) is 7.85. The minimum atomic E-state index is -0.739. The summed E-state index contributed by atoms with van der Waals surface area (Å²) in [5, 5.41) is 3.20. The summed E-state index contributed by atoms with van der Waals surface area (Å²) in [6.45, 7) is 0. The molecular formula is C36H20Cl2N2O8. The fraction of sp³-hybridized carbons (Fsp3) is 0.0556. The molecule has 0 spiro atoms. The fourth-order valence-corrected chi connectivity index (χ4v) is 6.03. The molecule has 0 radical (unpaired) electrons. The van der Waals surface area contributed by atoms with Crippen LogP contribution in [0.5, 0.6) is 11.5 Å². The maximum atomic E-state index is 13.6. The number of fused-ring (bicyclic) bond motifs is 2. The lowest BCUT2D eigenvalue weighted by atomic mass is 9.89. The first-order chi connectivity index (χ1) is 23.2. The largest absolute Gasteiger partial charge is 0.465 e. The molecular weight excluding hydrogens is 659 g/mol. The number of carbonyl (C=O) groups is 4. The first-order valence-corrected chi connectivity index (χ1v) is 15.0. The zero-order chi connectivity index (χ0) is 33.7. The van der Waals surface area contributed by atoms with Crippen LogP contribution in [0.3, 0.4) is 0 Å². The van der Waals surface area contributed by atoms with E-state index in [0.29, 0.717) is 42.6 Å². The summed E-state index contributed by atoms with van der Waals surface area (Å²) >= 11 is 12.0. The number of halogens is 2. The van der Waals surface area contributed by atoms with Crippen molar-refractivity contribution in [2.24, 2.45) is 0 Å². The standard InChI is InChI=1S/C36H20Cl2N2O8/c1-45-33(41)25-15-39-31-22-12-14-24(36(44)48-20-9-5-18(38)6-10-20)28-26(34(42)46-2)16-40-32(30(22)28)21-11-13-23(27(25)29(21)31)35(43)47-19-7-3-17(37)4-8-19/h3-16H,1-2H3. The third kappa shape index (κ3) is 5.07. The van der Waals surface area contributed by atoms with E-state index in [0.717, 1.165) is 0 Å². The number of pyridine rings is 2. The molecule has 0 N–H and O–H groups in total. The molecule has 7 rings (SSSR count). The van der Waals surface area contributed by atoms with Crippen molar-refractivity contribution in [3.05, 3.63) is 117 Å². The van der Waals surface area contributed by atoms with Crippen molar-refractivity contribution in [2.45, 2.75) is 0 Å². The first-order valence-electron chi connectivity index (χ1n) is 14.2. The molecule has 12 heteroatoms. The Kier molecular flexibility index (Phi) is 7.74. The SMILES string of the molecule is COC(=O)c1cnc2c3ccc(C(=O)Oc4ccc(Cl)cc4)c4c(C(=O)OC)cnc(c5ccc(C(=O)Oc6ccc(Cl)cc6)c1c52)c43. The van der Waals surface area contributed by atoms with Crippen LogP contribution in [0, 0.1) is 0 Å². The highest BCUT2D eigenvalue weighted by molar-refractivity contribution is 6.36. The summed E-state index contributed by atoms with van der Waals surface area (Å²) in [6.07, 6.45) is 2.62. The third-order valence-electron chi connectivity index (χ3n) is 7.88. The van der Waals surface area contributed by atoms with Gasteiger partial charge < -0.3 is 18.9 Å². The van der Waals surface area contributed by atoms with E-state index >= 15 is 0 Å². The van der Waals surface area contributed by atoms with E-state index in [2.05, 4.69) is 9.97 Å². The number of esters is 4. The Morgan fingerprint density at radius 2 is 0.854 bits per heavy atom. The maximum Gasteiger partial charge on any atom is 0.344 e. The lowest BCUT2D eigenvalue weighted by Gasteiger charge is -2.18. The fourth-order valence-electron chi connectivity index (χ4n) is 5.78. The van der Waals surface area contributed by atoms with Crippen molar-refractivity contribution in [1.82, 2.24) is 9.97 Å². The lowest BCUT2D eigenvalue weighted by molar-refractivity contribution is 0.0593. The molecule has 0 fully saturated rings. The minimum absolute atomic E-state index is 0.0233. The number of hydrogen-bond acceptors (Lipinski definition) is 10. The quantitative estimate of drug-likeness (QED) is 0.0741. The van der Waals surface area contributed by atoms with Gasteiger partial charge >= 0.3 is 23.9 Å². The number of rotatable bonds is 6. The smallest absolute Gasteiger partial charge is 0.344 e. The van der Waals surface area contributed by atoms with Crippen molar-refractivity contribution in [1.29, 1.82) is 0 Å². The van der Waals surface area contributed by atoms with E-state index < -0.39 is 23.9 Å². The van der Waals surface area contributed by atoms with Gasteiger partial charge in [0.15, 0.2) is 0 Å². The number of methoxy groups -OCH3 is 2. The zero-order valence-corrected chi connectivity index (χ0v) is 26.5. The second kappa shape index (κ2) is 12.1. The van der Waals surface area contributed by atoms with Crippen LogP contribution in [-0.2, 0) is 9.47 Å². The summed E-state index contributed by atoms with van der Waals surface area (Å²) in [5.41, 5.74) is 0.925. The highest BCUT2D eigenvalue weighted by Crippen LogP contribution is 2.43. The second-order valence-electron chi connectivity index (χ2n) is 10.5. The van der Waals surface area contributed by atoms with Gasteiger partial charge in [0, 0.05) is 54.8 Å². The van der Waals surface area contributed by atoms with Gasteiger partial charge in [-0.3, -0.25) is 9.97 Å². The average molecular weight is 679 g/mol. The number of ether oxygens (including phenoxy) is 4. The molecule has 236 valence electrons. The van der Waals surface area contributed by atoms with Crippen molar-refractivity contribution in [3.8, 4) is 11.5 Å². The van der Waals surface area contributed by atoms with Crippen LogP contribution >= 0.6 is 23.2 Å². The van der Waals surface area contributed by atoms with Gasteiger partial charge in [0.2, 0.25) is 0 Å². The number of benzene rings is 5. The third-order valence-corrected chi connectivity index (χ3v) is 8.38. The molecule has 0 bridgehead atoms.